The van der Waals surface area contributed by atoms with Crippen molar-refractivity contribution < 1.29 is 28.8 Å². The summed E-state index contributed by atoms with van der Waals surface area (Å²) in [6, 6.07) is 25.3. The van der Waals surface area contributed by atoms with Gasteiger partial charge in [-0.1, -0.05) is 54.6 Å². The first kappa shape index (κ1) is 28.2. The van der Waals surface area contributed by atoms with Crippen LogP contribution in [-0.4, -0.2) is 42.0 Å². The average molecular weight is 567 g/mol. The standard InChI is InChI=1S/C33H30N2O7/c1-39-27-19-25-29(31(41-3)30(27)40-2)34-28(18-15-21-9-5-4-6-10-21)35(32(25)36)20-22-13-16-23(17-14-22)42-26-12-8-7-11-24(26)33(37)38/h4-14,16-17,19H,15,18,20H2,1-3H3,(H,37,38). The normalized spacial score (nSPS) is 10.8. The highest BCUT2D eigenvalue weighted by molar-refractivity contribution is 5.91. The summed E-state index contributed by atoms with van der Waals surface area (Å²) >= 11 is 0. The summed E-state index contributed by atoms with van der Waals surface area (Å²) in [4.78, 5) is 30.5. The molecule has 0 bridgehead atoms. The van der Waals surface area contributed by atoms with Crippen LogP contribution in [0, 0.1) is 0 Å². The minimum Gasteiger partial charge on any atom is -0.493 e. The number of ether oxygens (including phenoxy) is 4. The Labute approximate surface area is 242 Å². The Morgan fingerprint density at radius 1 is 0.786 bits per heavy atom. The van der Waals surface area contributed by atoms with Gasteiger partial charge in [-0.15, -0.1) is 0 Å². The zero-order valence-electron chi connectivity index (χ0n) is 23.5. The molecule has 0 radical (unpaired) electrons. The lowest BCUT2D eigenvalue weighted by Gasteiger charge is -2.18. The molecule has 0 aliphatic rings. The number of nitrogens with zero attached hydrogens (tertiary/aromatic N) is 2. The minimum atomic E-state index is -1.07. The maximum atomic E-state index is 14.0. The molecule has 5 rings (SSSR count). The van der Waals surface area contributed by atoms with Crippen LogP contribution < -0.4 is 24.5 Å². The first-order valence-electron chi connectivity index (χ1n) is 13.3. The highest BCUT2D eigenvalue weighted by Gasteiger charge is 2.22. The fourth-order valence-electron chi connectivity index (χ4n) is 4.83. The number of fused-ring (bicyclic) bond motifs is 1. The van der Waals surface area contributed by atoms with Crippen LogP contribution in [0.2, 0.25) is 0 Å². The summed E-state index contributed by atoms with van der Waals surface area (Å²) in [5.41, 5.74) is 2.20. The maximum absolute atomic E-state index is 14.0. The van der Waals surface area contributed by atoms with Gasteiger partial charge in [0.15, 0.2) is 11.5 Å². The molecule has 0 spiro atoms. The maximum Gasteiger partial charge on any atom is 0.339 e. The highest BCUT2D eigenvalue weighted by atomic mass is 16.5. The molecule has 0 aliphatic carbocycles. The van der Waals surface area contributed by atoms with E-state index in [-0.39, 0.29) is 23.4 Å². The lowest BCUT2D eigenvalue weighted by Crippen LogP contribution is -2.26. The van der Waals surface area contributed by atoms with Crippen molar-refractivity contribution in [2.45, 2.75) is 19.4 Å². The summed E-state index contributed by atoms with van der Waals surface area (Å²) in [5, 5.41) is 9.80. The van der Waals surface area contributed by atoms with Crippen molar-refractivity contribution in [1.82, 2.24) is 9.55 Å². The average Bonchev–Trinajstić information content (AvgIpc) is 3.02. The van der Waals surface area contributed by atoms with E-state index in [0.717, 1.165) is 11.1 Å². The van der Waals surface area contributed by atoms with Crippen LogP contribution in [0.3, 0.4) is 0 Å². The van der Waals surface area contributed by atoms with Crippen molar-refractivity contribution in [2.24, 2.45) is 0 Å². The van der Waals surface area contributed by atoms with Gasteiger partial charge < -0.3 is 24.1 Å². The molecule has 0 fully saturated rings. The van der Waals surface area contributed by atoms with E-state index in [0.29, 0.717) is 52.6 Å². The molecular weight excluding hydrogens is 536 g/mol. The fourth-order valence-corrected chi connectivity index (χ4v) is 4.83. The van der Waals surface area contributed by atoms with Crippen LogP contribution in [0.25, 0.3) is 10.9 Å². The number of methoxy groups -OCH3 is 3. The van der Waals surface area contributed by atoms with Crippen LogP contribution in [0.1, 0.15) is 27.3 Å². The molecule has 1 heterocycles. The number of carbonyl (C=O) groups is 1. The van der Waals surface area contributed by atoms with Gasteiger partial charge in [0.05, 0.1) is 33.3 Å². The summed E-state index contributed by atoms with van der Waals surface area (Å²) in [6.45, 7) is 0.258. The van der Waals surface area contributed by atoms with E-state index >= 15 is 0 Å². The SMILES string of the molecule is COc1cc2c(=O)n(Cc3ccc(Oc4ccccc4C(=O)O)cc3)c(CCc3ccccc3)nc2c(OC)c1OC. The van der Waals surface area contributed by atoms with E-state index in [1.807, 2.05) is 42.5 Å². The van der Waals surface area contributed by atoms with Crippen LogP contribution in [0.5, 0.6) is 28.7 Å². The smallest absolute Gasteiger partial charge is 0.339 e. The summed E-state index contributed by atoms with van der Waals surface area (Å²) in [7, 11) is 4.52. The van der Waals surface area contributed by atoms with E-state index in [9.17, 15) is 14.7 Å². The molecule has 0 atom stereocenters. The Morgan fingerprint density at radius 2 is 1.48 bits per heavy atom. The molecule has 0 unspecified atom stereocenters. The Kier molecular flexibility index (Phi) is 8.38. The molecule has 0 saturated carbocycles. The number of hydrogen-bond donors (Lipinski definition) is 1. The van der Waals surface area contributed by atoms with E-state index in [2.05, 4.69) is 0 Å². The lowest BCUT2D eigenvalue weighted by molar-refractivity contribution is 0.0694. The second kappa shape index (κ2) is 12.5. The third-order valence-corrected chi connectivity index (χ3v) is 6.92. The Balaban J connectivity index is 1.54. The van der Waals surface area contributed by atoms with Gasteiger partial charge >= 0.3 is 5.97 Å². The van der Waals surface area contributed by atoms with Crippen molar-refractivity contribution in [2.75, 3.05) is 21.3 Å². The number of carboxylic acid groups (broad SMARTS) is 1. The summed E-state index contributed by atoms with van der Waals surface area (Å²) < 4.78 is 24.2. The van der Waals surface area contributed by atoms with Crippen LogP contribution in [-0.2, 0) is 19.4 Å². The van der Waals surface area contributed by atoms with Crippen molar-refractivity contribution in [3.63, 3.8) is 0 Å². The first-order valence-corrected chi connectivity index (χ1v) is 13.3. The number of aromatic carboxylic acids is 1. The third-order valence-electron chi connectivity index (χ3n) is 6.92. The highest BCUT2D eigenvalue weighted by Crippen LogP contribution is 2.41. The van der Waals surface area contributed by atoms with Gasteiger partial charge in [-0.05, 0) is 47.9 Å². The van der Waals surface area contributed by atoms with Gasteiger partial charge in [-0.2, -0.15) is 0 Å². The largest absolute Gasteiger partial charge is 0.493 e. The molecule has 9 heteroatoms. The quantitative estimate of drug-likeness (QED) is 0.215. The Morgan fingerprint density at radius 3 is 2.14 bits per heavy atom. The van der Waals surface area contributed by atoms with Gasteiger partial charge in [-0.25, -0.2) is 9.78 Å². The molecular formula is C33H30N2O7. The number of para-hydroxylation sites is 1. The fraction of sp³-hybridized carbons (Fsp3) is 0.182. The molecule has 0 amide bonds. The number of carboxylic acids is 1. The van der Waals surface area contributed by atoms with Crippen LogP contribution >= 0.6 is 0 Å². The predicted molar refractivity (Wildman–Crippen MR) is 159 cm³/mol. The molecule has 42 heavy (non-hydrogen) atoms. The molecule has 214 valence electrons. The van der Waals surface area contributed by atoms with Crippen LogP contribution in [0.15, 0.2) is 89.7 Å². The zero-order chi connectivity index (χ0) is 29.6. The van der Waals surface area contributed by atoms with Gasteiger partial charge in [0.1, 0.15) is 28.4 Å². The number of benzene rings is 4. The van der Waals surface area contributed by atoms with Gasteiger partial charge in [0, 0.05) is 6.42 Å². The molecule has 9 nitrogen and oxygen atoms in total. The Hall–Kier alpha value is -5.31. The molecule has 5 aromatic rings. The monoisotopic (exact) mass is 566 g/mol. The predicted octanol–water partition coefficient (Wildman–Crippen LogP) is 5.75. The van der Waals surface area contributed by atoms with E-state index in [1.165, 1.54) is 27.4 Å². The van der Waals surface area contributed by atoms with Crippen LogP contribution in [0.4, 0.5) is 0 Å². The molecule has 4 aromatic carbocycles. The van der Waals surface area contributed by atoms with Gasteiger partial charge in [0.2, 0.25) is 5.75 Å². The molecule has 0 saturated heterocycles. The third kappa shape index (κ3) is 5.76. The topological polar surface area (TPSA) is 109 Å². The summed E-state index contributed by atoms with van der Waals surface area (Å²) in [5.74, 6) is 1.31. The van der Waals surface area contributed by atoms with E-state index in [1.54, 1.807) is 41.0 Å². The lowest BCUT2D eigenvalue weighted by atomic mass is 10.1. The van der Waals surface area contributed by atoms with E-state index < -0.39 is 5.97 Å². The molecule has 0 aliphatic heterocycles. The first-order chi connectivity index (χ1) is 20.4. The van der Waals surface area contributed by atoms with Crippen molar-refractivity contribution >= 4 is 16.9 Å². The number of aryl methyl sites for hydroxylation is 2. The minimum absolute atomic E-state index is 0.0703. The summed E-state index contributed by atoms with van der Waals surface area (Å²) in [6.07, 6.45) is 1.20. The molecule has 1 N–H and O–H groups in total. The van der Waals surface area contributed by atoms with E-state index in [4.69, 9.17) is 23.9 Å². The Bertz CT molecular complexity index is 1780. The number of aromatic nitrogens is 2. The number of rotatable bonds is 11. The van der Waals surface area contributed by atoms with Gasteiger partial charge in [-0.3, -0.25) is 9.36 Å². The zero-order valence-corrected chi connectivity index (χ0v) is 23.5. The molecule has 1 aromatic heterocycles. The van der Waals surface area contributed by atoms with Crippen molar-refractivity contribution in [3.8, 4) is 28.7 Å². The second-order valence-electron chi connectivity index (χ2n) is 9.49. The van der Waals surface area contributed by atoms with Gasteiger partial charge in [0.25, 0.3) is 5.56 Å². The van der Waals surface area contributed by atoms with Crippen molar-refractivity contribution in [1.29, 1.82) is 0 Å². The number of hydrogen-bond acceptors (Lipinski definition) is 7. The second-order valence-corrected chi connectivity index (χ2v) is 9.49. The van der Waals surface area contributed by atoms with Crippen molar-refractivity contribution in [3.05, 3.63) is 118 Å².